The summed E-state index contributed by atoms with van der Waals surface area (Å²) in [5, 5.41) is -0.307. The van der Waals surface area contributed by atoms with Gasteiger partial charge in [0.1, 0.15) is 0 Å². The standard InChI is InChI=1S/C11H15NO2S/c1-8-3-2-4-11-10(8)7-9(5-6-12)15(11,13)14/h2-4,9H,5-7,12H2,1H3. The van der Waals surface area contributed by atoms with Crippen molar-refractivity contribution in [1.29, 1.82) is 0 Å². The van der Waals surface area contributed by atoms with Gasteiger partial charge in [-0.3, -0.25) is 0 Å². The second-order valence-corrected chi connectivity index (χ2v) is 6.20. The molecule has 1 aliphatic rings. The number of hydrogen-bond donors (Lipinski definition) is 1. The lowest BCUT2D eigenvalue weighted by molar-refractivity contribution is 0.580. The van der Waals surface area contributed by atoms with Gasteiger partial charge < -0.3 is 5.73 Å². The van der Waals surface area contributed by atoms with Crippen LogP contribution in [0.25, 0.3) is 0 Å². The van der Waals surface area contributed by atoms with E-state index in [1.807, 2.05) is 13.0 Å². The molecule has 3 nitrogen and oxygen atoms in total. The van der Waals surface area contributed by atoms with Crippen LogP contribution in [0, 0.1) is 6.92 Å². The Morgan fingerprint density at radius 2 is 2.20 bits per heavy atom. The number of aryl methyl sites for hydroxylation is 1. The summed E-state index contributed by atoms with van der Waals surface area (Å²) in [7, 11) is -3.11. The molecule has 1 unspecified atom stereocenters. The van der Waals surface area contributed by atoms with Crippen LogP contribution in [0.2, 0.25) is 0 Å². The van der Waals surface area contributed by atoms with Crippen molar-refractivity contribution >= 4 is 9.84 Å². The highest BCUT2D eigenvalue weighted by Crippen LogP contribution is 2.34. The van der Waals surface area contributed by atoms with E-state index in [4.69, 9.17) is 5.73 Å². The summed E-state index contributed by atoms with van der Waals surface area (Å²) in [5.41, 5.74) is 7.49. The Kier molecular flexibility index (Phi) is 2.56. The van der Waals surface area contributed by atoms with E-state index < -0.39 is 9.84 Å². The molecule has 0 spiro atoms. The molecular weight excluding hydrogens is 210 g/mol. The number of benzene rings is 1. The summed E-state index contributed by atoms with van der Waals surface area (Å²) >= 11 is 0. The summed E-state index contributed by atoms with van der Waals surface area (Å²) < 4.78 is 24.1. The minimum absolute atomic E-state index is 0.307. The molecule has 0 radical (unpaired) electrons. The zero-order chi connectivity index (χ0) is 11.1. The lowest BCUT2D eigenvalue weighted by Crippen LogP contribution is -2.20. The van der Waals surface area contributed by atoms with Gasteiger partial charge >= 0.3 is 0 Å². The van der Waals surface area contributed by atoms with Gasteiger partial charge in [0.2, 0.25) is 0 Å². The third kappa shape index (κ3) is 1.58. The number of nitrogens with two attached hydrogens (primary N) is 1. The molecule has 1 heterocycles. The normalized spacial score (nSPS) is 22.7. The van der Waals surface area contributed by atoms with Gasteiger partial charge in [-0.2, -0.15) is 0 Å². The number of sulfone groups is 1. The topological polar surface area (TPSA) is 60.2 Å². The average Bonchev–Trinajstić information content (AvgIpc) is 2.43. The minimum atomic E-state index is -3.11. The molecule has 82 valence electrons. The van der Waals surface area contributed by atoms with Crippen LogP contribution in [0.3, 0.4) is 0 Å². The Labute approximate surface area is 90.2 Å². The maximum atomic E-state index is 12.1. The molecule has 0 bridgehead atoms. The molecule has 0 saturated heterocycles. The molecule has 0 aromatic heterocycles. The van der Waals surface area contributed by atoms with Crippen LogP contribution in [0.15, 0.2) is 23.1 Å². The van der Waals surface area contributed by atoms with Gasteiger partial charge in [0.15, 0.2) is 9.84 Å². The summed E-state index contributed by atoms with van der Waals surface area (Å²) in [5.74, 6) is 0. The van der Waals surface area contributed by atoms with E-state index in [-0.39, 0.29) is 5.25 Å². The van der Waals surface area contributed by atoms with Crippen LogP contribution in [0.1, 0.15) is 17.5 Å². The quantitative estimate of drug-likeness (QED) is 0.818. The zero-order valence-corrected chi connectivity index (χ0v) is 9.55. The van der Waals surface area contributed by atoms with E-state index in [0.29, 0.717) is 24.3 Å². The van der Waals surface area contributed by atoms with Gasteiger partial charge in [-0.1, -0.05) is 12.1 Å². The summed E-state index contributed by atoms with van der Waals surface area (Å²) in [4.78, 5) is 0.515. The monoisotopic (exact) mass is 225 g/mol. The van der Waals surface area contributed by atoms with Gasteiger partial charge in [0, 0.05) is 0 Å². The lowest BCUT2D eigenvalue weighted by Gasteiger charge is -2.06. The molecule has 0 saturated carbocycles. The van der Waals surface area contributed by atoms with Gasteiger partial charge in [-0.15, -0.1) is 0 Å². The van der Waals surface area contributed by atoms with Crippen LogP contribution >= 0.6 is 0 Å². The Morgan fingerprint density at radius 1 is 1.47 bits per heavy atom. The first-order valence-electron chi connectivity index (χ1n) is 5.10. The molecule has 1 aromatic carbocycles. The third-order valence-electron chi connectivity index (χ3n) is 3.03. The fraction of sp³-hybridized carbons (Fsp3) is 0.455. The number of rotatable bonds is 2. The molecule has 0 fully saturated rings. The lowest BCUT2D eigenvalue weighted by atomic mass is 10.0. The Hall–Kier alpha value is -0.870. The van der Waals surface area contributed by atoms with E-state index in [1.54, 1.807) is 12.1 Å². The molecule has 1 aromatic rings. The van der Waals surface area contributed by atoms with Crippen molar-refractivity contribution in [2.45, 2.75) is 29.9 Å². The fourth-order valence-corrected chi connectivity index (χ4v) is 4.21. The summed E-state index contributed by atoms with van der Waals surface area (Å²) in [6, 6.07) is 5.46. The predicted octanol–water partition coefficient (Wildman–Crippen LogP) is 1.04. The van der Waals surface area contributed by atoms with Crippen LogP contribution in [0.4, 0.5) is 0 Å². The maximum absolute atomic E-state index is 12.1. The Morgan fingerprint density at radius 3 is 2.80 bits per heavy atom. The van der Waals surface area contributed by atoms with Crippen LogP contribution in [-0.2, 0) is 16.3 Å². The predicted molar refractivity (Wildman–Crippen MR) is 59.5 cm³/mol. The van der Waals surface area contributed by atoms with E-state index in [2.05, 4.69) is 0 Å². The minimum Gasteiger partial charge on any atom is -0.330 e. The van der Waals surface area contributed by atoms with Gasteiger partial charge in [-0.25, -0.2) is 8.42 Å². The van der Waals surface area contributed by atoms with Crippen LogP contribution in [0.5, 0.6) is 0 Å². The largest absolute Gasteiger partial charge is 0.330 e. The number of fused-ring (bicyclic) bond motifs is 1. The van der Waals surface area contributed by atoms with Crippen LogP contribution in [-0.4, -0.2) is 20.2 Å². The average molecular weight is 225 g/mol. The van der Waals surface area contributed by atoms with E-state index in [9.17, 15) is 8.42 Å². The van der Waals surface area contributed by atoms with Gasteiger partial charge in [0.25, 0.3) is 0 Å². The van der Waals surface area contributed by atoms with E-state index in [1.165, 1.54) is 0 Å². The molecule has 2 rings (SSSR count). The van der Waals surface area contributed by atoms with Crippen molar-refractivity contribution < 1.29 is 8.42 Å². The van der Waals surface area contributed by atoms with E-state index in [0.717, 1.165) is 11.1 Å². The van der Waals surface area contributed by atoms with Gasteiger partial charge in [0.05, 0.1) is 10.1 Å². The highest BCUT2D eigenvalue weighted by atomic mass is 32.2. The summed E-state index contributed by atoms with van der Waals surface area (Å²) in [6.45, 7) is 2.39. The fourth-order valence-electron chi connectivity index (χ4n) is 2.16. The highest BCUT2D eigenvalue weighted by molar-refractivity contribution is 7.92. The molecule has 1 aliphatic heterocycles. The second kappa shape index (κ2) is 3.61. The van der Waals surface area contributed by atoms with Crippen molar-refractivity contribution in [2.24, 2.45) is 5.73 Å². The van der Waals surface area contributed by atoms with Crippen LogP contribution < -0.4 is 5.73 Å². The maximum Gasteiger partial charge on any atom is 0.181 e. The zero-order valence-electron chi connectivity index (χ0n) is 8.73. The molecule has 1 atom stereocenters. The SMILES string of the molecule is Cc1cccc2c1CC(CCN)S2(=O)=O. The Bertz CT molecular complexity index is 479. The first kappa shape index (κ1) is 10.6. The first-order valence-corrected chi connectivity index (χ1v) is 6.64. The molecule has 0 aliphatic carbocycles. The Balaban J connectivity index is 2.52. The molecular formula is C11H15NO2S. The molecule has 0 amide bonds. The van der Waals surface area contributed by atoms with Crippen molar-refractivity contribution in [2.75, 3.05) is 6.54 Å². The third-order valence-corrected chi connectivity index (χ3v) is 5.31. The smallest absolute Gasteiger partial charge is 0.181 e. The van der Waals surface area contributed by atoms with Crippen molar-refractivity contribution in [3.05, 3.63) is 29.3 Å². The summed E-state index contributed by atoms with van der Waals surface area (Å²) in [6.07, 6.45) is 1.18. The second-order valence-electron chi connectivity index (χ2n) is 4.00. The van der Waals surface area contributed by atoms with E-state index >= 15 is 0 Å². The van der Waals surface area contributed by atoms with Gasteiger partial charge in [-0.05, 0) is 43.5 Å². The number of hydrogen-bond acceptors (Lipinski definition) is 3. The van der Waals surface area contributed by atoms with Crippen molar-refractivity contribution in [3.8, 4) is 0 Å². The highest BCUT2D eigenvalue weighted by Gasteiger charge is 2.36. The van der Waals surface area contributed by atoms with Crippen molar-refractivity contribution in [1.82, 2.24) is 0 Å². The van der Waals surface area contributed by atoms with Crippen molar-refractivity contribution in [3.63, 3.8) is 0 Å². The first-order chi connectivity index (χ1) is 7.07. The molecule has 15 heavy (non-hydrogen) atoms. The molecule has 2 N–H and O–H groups in total. The molecule has 4 heteroatoms.